The van der Waals surface area contributed by atoms with Crippen molar-refractivity contribution >= 4 is 16.0 Å². The van der Waals surface area contributed by atoms with Gasteiger partial charge in [-0.25, -0.2) is 8.42 Å². The quantitative estimate of drug-likeness (QED) is 0.695. The van der Waals surface area contributed by atoms with Crippen LogP contribution in [0.1, 0.15) is 26.2 Å². The highest BCUT2D eigenvalue weighted by molar-refractivity contribution is 7.89. The van der Waals surface area contributed by atoms with Gasteiger partial charge in [0.2, 0.25) is 10.0 Å². The Morgan fingerprint density at radius 3 is 2.59 bits per heavy atom. The van der Waals surface area contributed by atoms with E-state index in [2.05, 4.69) is 0 Å². The summed E-state index contributed by atoms with van der Waals surface area (Å²) in [6.45, 7) is 2.48. The van der Waals surface area contributed by atoms with Crippen molar-refractivity contribution in [2.75, 3.05) is 18.8 Å². The van der Waals surface area contributed by atoms with Crippen LogP contribution in [-0.2, 0) is 14.8 Å². The molecule has 0 amide bonds. The van der Waals surface area contributed by atoms with Gasteiger partial charge in [-0.3, -0.25) is 4.79 Å². The number of nitrogens with zero attached hydrogens (tertiary/aromatic N) is 1. The number of nitrogens with two attached hydrogens (primary N) is 1. The lowest BCUT2D eigenvalue weighted by Gasteiger charge is -2.30. The average molecular weight is 264 g/mol. The molecule has 1 saturated carbocycles. The van der Waals surface area contributed by atoms with Crippen LogP contribution in [-0.4, -0.2) is 48.7 Å². The van der Waals surface area contributed by atoms with Crippen LogP contribution in [0.4, 0.5) is 0 Å². The number of aliphatic carboxylic acids is 1. The Bertz CT molecular complexity index is 369. The third kappa shape index (κ3) is 3.40. The lowest BCUT2D eigenvalue weighted by Crippen LogP contribution is -2.45. The van der Waals surface area contributed by atoms with Gasteiger partial charge < -0.3 is 10.8 Å². The van der Waals surface area contributed by atoms with Crippen LogP contribution < -0.4 is 5.73 Å². The Hall–Kier alpha value is -0.660. The van der Waals surface area contributed by atoms with Crippen molar-refractivity contribution in [3.8, 4) is 0 Å². The van der Waals surface area contributed by atoms with E-state index >= 15 is 0 Å². The number of hydrogen-bond acceptors (Lipinski definition) is 4. The van der Waals surface area contributed by atoms with Gasteiger partial charge in [-0.2, -0.15) is 4.31 Å². The third-order valence-corrected chi connectivity index (χ3v) is 5.12. The molecule has 1 rings (SSSR count). The smallest absolute Gasteiger partial charge is 0.320 e. The average Bonchev–Trinajstić information content (AvgIpc) is 2.64. The summed E-state index contributed by atoms with van der Waals surface area (Å²) in [4.78, 5) is 10.6. The summed E-state index contributed by atoms with van der Waals surface area (Å²) in [6, 6.07) is -0.130. The Labute approximate surface area is 102 Å². The molecule has 17 heavy (non-hydrogen) atoms. The summed E-state index contributed by atoms with van der Waals surface area (Å²) in [5, 5.41) is 8.63. The second kappa shape index (κ2) is 5.79. The molecule has 1 aliphatic rings. The summed E-state index contributed by atoms with van der Waals surface area (Å²) in [5.74, 6) is -2.00. The number of carbonyl (C=O) groups is 1. The zero-order valence-corrected chi connectivity index (χ0v) is 10.8. The minimum absolute atomic E-state index is 0.130. The summed E-state index contributed by atoms with van der Waals surface area (Å²) in [7, 11) is -3.72. The summed E-state index contributed by atoms with van der Waals surface area (Å²) in [6.07, 6.45) is 2.64. The molecule has 6 nitrogen and oxygen atoms in total. The maximum absolute atomic E-state index is 11.9. The lowest BCUT2D eigenvalue weighted by atomic mass is 10.0. The highest BCUT2D eigenvalue weighted by Crippen LogP contribution is 2.30. The maximum atomic E-state index is 11.9. The van der Waals surface area contributed by atoms with E-state index in [0.29, 0.717) is 13.1 Å². The molecule has 0 spiro atoms. The van der Waals surface area contributed by atoms with E-state index < -0.39 is 21.7 Å². The second-order valence-electron chi connectivity index (χ2n) is 4.35. The van der Waals surface area contributed by atoms with E-state index in [0.717, 1.165) is 19.3 Å². The molecule has 7 heteroatoms. The van der Waals surface area contributed by atoms with Crippen LogP contribution in [0.3, 0.4) is 0 Å². The molecular weight excluding hydrogens is 244 g/mol. The van der Waals surface area contributed by atoms with Crippen molar-refractivity contribution in [1.82, 2.24) is 4.31 Å². The van der Waals surface area contributed by atoms with E-state index in [4.69, 9.17) is 10.8 Å². The van der Waals surface area contributed by atoms with E-state index in [1.54, 1.807) is 6.92 Å². The Kier molecular flexibility index (Phi) is 4.91. The number of sulfonamides is 1. The Balaban J connectivity index is 2.87. The van der Waals surface area contributed by atoms with Gasteiger partial charge in [0.25, 0.3) is 0 Å². The zero-order valence-electron chi connectivity index (χ0n) is 10.0. The van der Waals surface area contributed by atoms with Gasteiger partial charge in [-0.15, -0.1) is 0 Å². The van der Waals surface area contributed by atoms with Crippen molar-refractivity contribution in [1.29, 1.82) is 0 Å². The highest BCUT2D eigenvalue weighted by Gasteiger charge is 2.37. The first kappa shape index (κ1) is 14.4. The number of rotatable bonds is 6. The molecule has 0 heterocycles. The number of hydrogen-bond donors (Lipinski definition) is 2. The van der Waals surface area contributed by atoms with E-state index in [9.17, 15) is 13.2 Å². The first-order valence-corrected chi connectivity index (χ1v) is 7.44. The van der Waals surface area contributed by atoms with Crippen LogP contribution in [0, 0.1) is 5.92 Å². The molecule has 0 aromatic heterocycles. The zero-order chi connectivity index (χ0) is 13.1. The van der Waals surface area contributed by atoms with Gasteiger partial charge in [0.05, 0.1) is 0 Å². The van der Waals surface area contributed by atoms with Gasteiger partial charge in [0, 0.05) is 12.6 Å². The topological polar surface area (TPSA) is 101 Å². The van der Waals surface area contributed by atoms with Crippen LogP contribution in [0.5, 0.6) is 0 Å². The van der Waals surface area contributed by atoms with Crippen molar-refractivity contribution in [3.05, 3.63) is 0 Å². The normalized spacial score (nSPS) is 25.4. The molecule has 0 aromatic rings. The fraction of sp³-hybridized carbons (Fsp3) is 0.900. The van der Waals surface area contributed by atoms with Crippen LogP contribution in [0.2, 0.25) is 0 Å². The largest absolute Gasteiger partial charge is 0.480 e. The molecule has 1 aliphatic carbocycles. The van der Waals surface area contributed by atoms with Crippen LogP contribution in [0.25, 0.3) is 0 Å². The second-order valence-corrected chi connectivity index (χ2v) is 6.27. The standard InChI is InChI=1S/C10H20N2O4S/c1-2-12(17(15,16)7-10(13)14)9-5-3-4-8(9)6-11/h8-9H,2-7,11H2,1H3,(H,13,14). The molecule has 0 saturated heterocycles. The van der Waals surface area contributed by atoms with Crippen molar-refractivity contribution in [2.24, 2.45) is 11.7 Å². The van der Waals surface area contributed by atoms with Crippen molar-refractivity contribution in [3.63, 3.8) is 0 Å². The van der Waals surface area contributed by atoms with Crippen molar-refractivity contribution < 1.29 is 18.3 Å². The number of carboxylic acids is 1. The molecular formula is C10H20N2O4S. The minimum Gasteiger partial charge on any atom is -0.480 e. The predicted molar refractivity (Wildman–Crippen MR) is 64.0 cm³/mol. The molecule has 0 aliphatic heterocycles. The van der Waals surface area contributed by atoms with Gasteiger partial charge in [0.15, 0.2) is 5.75 Å². The van der Waals surface area contributed by atoms with Gasteiger partial charge >= 0.3 is 5.97 Å². The Morgan fingerprint density at radius 1 is 1.47 bits per heavy atom. The highest BCUT2D eigenvalue weighted by atomic mass is 32.2. The third-order valence-electron chi connectivity index (χ3n) is 3.27. The summed E-state index contributed by atoms with van der Waals surface area (Å²) >= 11 is 0. The van der Waals surface area contributed by atoms with E-state index in [1.807, 2.05) is 0 Å². The molecule has 2 unspecified atom stereocenters. The molecule has 0 aromatic carbocycles. The molecule has 0 bridgehead atoms. The van der Waals surface area contributed by atoms with Gasteiger partial charge in [-0.05, 0) is 25.3 Å². The lowest BCUT2D eigenvalue weighted by molar-refractivity contribution is -0.134. The predicted octanol–water partition coefficient (Wildman–Crippen LogP) is -0.150. The van der Waals surface area contributed by atoms with E-state index in [1.165, 1.54) is 4.31 Å². The maximum Gasteiger partial charge on any atom is 0.320 e. The monoisotopic (exact) mass is 264 g/mol. The Morgan fingerprint density at radius 2 is 2.12 bits per heavy atom. The number of carboxylic acid groups (broad SMARTS) is 1. The first-order chi connectivity index (χ1) is 7.92. The molecule has 100 valence electrons. The molecule has 2 atom stereocenters. The SMILES string of the molecule is CCN(C1CCCC1CN)S(=O)(=O)CC(=O)O. The van der Waals surface area contributed by atoms with Crippen LogP contribution >= 0.6 is 0 Å². The fourth-order valence-electron chi connectivity index (χ4n) is 2.55. The molecule has 3 N–H and O–H groups in total. The van der Waals surface area contributed by atoms with E-state index in [-0.39, 0.29) is 12.0 Å². The first-order valence-electron chi connectivity index (χ1n) is 5.83. The molecule has 0 radical (unpaired) electrons. The van der Waals surface area contributed by atoms with Crippen molar-refractivity contribution in [2.45, 2.75) is 32.2 Å². The summed E-state index contributed by atoms with van der Waals surface area (Å²) in [5.41, 5.74) is 5.62. The minimum atomic E-state index is -3.72. The van der Waals surface area contributed by atoms with Gasteiger partial charge in [0.1, 0.15) is 0 Å². The van der Waals surface area contributed by atoms with Crippen LogP contribution in [0.15, 0.2) is 0 Å². The fourth-order valence-corrected chi connectivity index (χ4v) is 4.11. The van der Waals surface area contributed by atoms with Gasteiger partial charge in [-0.1, -0.05) is 13.3 Å². The molecule has 1 fully saturated rings. The summed E-state index contributed by atoms with van der Waals surface area (Å²) < 4.78 is 25.2.